The molecule has 0 saturated carbocycles. The van der Waals surface area contributed by atoms with Crippen LogP contribution in [0, 0.1) is 0 Å². The Morgan fingerprint density at radius 1 is 1.04 bits per heavy atom. The van der Waals surface area contributed by atoms with Crippen molar-refractivity contribution in [2.75, 3.05) is 32.2 Å². The van der Waals surface area contributed by atoms with Crippen LogP contribution in [-0.2, 0) is 24.5 Å². The van der Waals surface area contributed by atoms with E-state index in [9.17, 15) is 22.6 Å². The summed E-state index contributed by atoms with van der Waals surface area (Å²) in [6.45, 7) is 3.54. The van der Waals surface area contributed by atoms with Gasteiger partial charge in [0.05, 0.1) is 18.9 Å². The number of carbonyl (C=O) groups is 2. The van der Waals surface area contributed by atoms with Gasteiger partial charge in [0.25, 0.3) is 0 Å². The van der Waals surface area contributed by atoms with Crippen LogP contribution in [0.1, 0.15) is 13.8 Å². The first-order valence-electron chi connectivity index (χ1n) is 7.26. The van der Waals surface area contributed by atoms with Crippen LogP contribution < -0.4 is 34.5 Å². The summed E-state index contributed by atoms with van der Waals surface area (Å²) < 4.78 is 45.7. The zero-order chi connectivity index (χ0) is 20.2. The summed E-state index contributed by atoms with van der Waals surface area (Å²) in [5.41, 5.74) is 1.26. The second-order valence-corrected chi connectivity index (χ2v) is 5.51. The Labute approximate surface area is 179 Å². The zero-order valence-corrected chi connectivity index (χ0v) is 18.6. The van der Waals surface area contributed by atoms with E-state index in [2.05, 4.69) is 23.8 Å². The van der Waals surface area contributed by atoms with Crippen molar-refractivity contribution in [3.8, 4) is 0 Å². The molecule has 0 aromatic heterocycles. The Balaban J connectivity index is 0. The van der Waals surface area contributed by atoms with Crippen molar-refractivity contribution in [2.24, 2.45) is 9.63 Å². The largest absolute Gasteiger partial charge is 1.00 e. The van der Waals surface area contributed by atoms with E-state index in [0.29, 0.717) is 5.69 Å². The quantitative estimate of drug-likeness (QED) is 0.207. The van der Waals surface area contributed by atoms with Crippen LogP contribution in [-0.4, -0.2) is 52.6 Å². The maximum atomic E-state index is 10.4. The van der Waals surface area contributed by atoms with Crippen LogP contribution in [0.5, 0.6) is 0 Å². The minimum absolute atomic E-state index is 0. The third-order valence-corrected chi connectivity index (χ3v) is 2.60. The van der Waals surface area contributed by atoms with Crippen molar-refractivity contribution in [1.29, 1.82) is 0 Å². The van der Waals surface area contributed by atoms with E-state index in [1.54, 1.807) is 38.1 Å². The molecule has 0 heterocycles. The molecule has 146 valence electrons. The number of ether oxygens (including phenoxy) is 3. The molecule has 1 rings (SSSR count). The van der Waals surface area contributed by atoms with Gasteiger partial charge in [0.2, 0.25) is 10.3 Å². The van der Waals surface area contributed by atoms with Gasteiger partial charge in [-0.25, -0.2) is 18.0 Å². The molecular weight excluding hydrogens is 393 g/mol. The summed E-state index contributed by atoms with van der Waals surface area (Å²) in [4.78, 5) is 22.6. The van der Waals surface area contributed by atoms with Gasteiger partial charge in [0, 0.05) is 19.8 Å². The monoisotopic (exact) mass is 413 g/mol. The Morgan fingerprint density at radius 3 is 1.81 bits per heavy atom. The molecule has 0 aliphatic heterocycles. The van der Waals surface area contributed by atoms with Crippen LogP contribution >= 0.6 is 0 Å². The van der Waals surface area contributed by atoms with E-state index in [0.717, 1.165) is 5.69 Å². The fourth-order valence-electron chi connectivity index (χ4n) is 1.28. The molecule has 0 N–H and O–H groups in total. The number of hydrogen-bond acceptors (Lipinski definition) is 10. The van der Waals surface area contributed by atoms with Crippen LogP contribution in [0.4, 0.5) is 21.0 Å². The number of rotatable bonds is 5. The number of benzene rings is 1. The normalized spacial score (nSPS) is 10.1. The fourth-order valence-corrected chi connectivity index (χ4v) is 1.47. The molecule has 1 aromatic rings. The van der Waals surface area contributed by atoms with Gasteiger partial charge in [0.15, 0.2) is 0 Å². The molecule has 0 atom stereocenters. The maximum Gasteiger partial charge on any atom is 1.00 e. The number of hydrogen-bond donors (Lipinski definition) is 0. The SMILES string of the molecule is CCOC(=O)OC(=O)OCC.CN(C)c1ccc(/N=N/S(=O)(=O)[O-])cc1.[Na+]. The first-order chi connectivity index (χ1) is 12.1. The molecule has 0 unspecified atom stereocenters. The molecule has 13 heteroatoms. The van der Waals surface area contributed by atoms with E-state index in [1.807, 2.05) is 19.0 Å². The van der Waals surface area contributed by atoms with Crippen molar-refractivity contribution < 1.29 is 66.3 Å². The predicted molar refractivity (Wildman–Crippen MR) is 90.1 cm³/mol. The number of anilines is 1. The molecule has 27 heavy (non-hydrogen) atoms. The van der Waals surface area contributed by atoms with E-state index in [4.69, 9.17) is 0 Å². The number of nitrogens with zero attached hydrogens (tertiary/aromatic N) is 3. The predicted octanol–water partition coefficient (Wildman–Crippen LogP) is -0.383. The van der Waals surface area contributed by atoms with Gasteiger partial charge in [0.1, 0.15) is 0 Å². The summed E-state index contributed by atoms with van der Waals surface area (Å²) in [6, 6.07) is 6.63. The summed E-state index contributed by atoms with van der Waals surface area (Å²) in [6.07, 6.45) is -2.07. The Morgan fingerprint density at radius 2 is 1.48 bits per heavy atom. The maximum absolute atomic E-state index is 10.4. The van der Waals surface area contributed by atoms with Crippen molar-refractivity contribution >= 4 is 34.0 Å². The van der Waals surface area contributed by atoms with Gasteiger partial charge < -0.3 is 23.7 Å². The van der Waals surface area contributed by atoms with Gasteiger partial charge in [-0.1, -0.05) is 4.52 Å². The molecule has 0 aliphatic carbocycles. The Kier molecular flexibility index (Phi) is 14.6. The van der Waals surface area contributed by atoms with Gasteiger partial charge in [-0.2, -0.15) is 0 Å². The molecule has 0 radical (unpaired) electrons. The van der Waals surface area contributed by atoms with Crippen LogP contribution in [0.2, 0.25) is 0 Å². The molecule has 0 amide bonds. The molecule has 0 saturated heterocycles. The molecule has 0 aliphatic rings. The second-order valence-electron chi connectivity index (χ2n) is 4.49. The Bertz CT molecular complexity index is 692. The van der Waals surface area contributed by atoms with E-state index >= 15 is 0 Å². The molecular formula is C14H20N3NaO8S. The first-order valence-corrected chi connectivity index (χ1v) is 8.63. The smallest absolute Gasteiger partial charge is 0.728 e. The zero-order valence-electron chi connectivity index (χ0n) is 15.7. The van der Waals surface area contributed by atoms with Gasteiger partial charge >= 0.3 is 41.9 Å². The van der Waals surface area contributed by atoms with Crippen LogP contribution in [0.3, 0.4) is 0 Å². The molecule has 0 fully saturated rings. The van der Waals surface area contributed by atoms with Crippen molar-refractivity contribution in [1.82, 2.24) is 0 Å². The van der Waals surface area contributed by atoms with Crippen molar-refractivity contribution in [3.63, 3.8) is 0 Å². The molecule has 0 spiro atoms. The Hall–Kier alpha value is -1.73. The average molecular weight is 413 g/mol. The van der Waals surface area contributed by atoms with E-state index in [1.165, 1.54) is 0 Å². The van der Waals surface area contributed by atoms with Crippen molar-refractivity contribution in [2.45, 2.75) is 13.8 Å². The minimum Gasteiger partial charge on any atom is -0.728 e. The standard InChI is InChI=1S/C8H11N3O3S.C6H10O5.Na/c1-11(2)8-5-3-7(4-6-8)9-10-15(12,13)14;1-3-9-5(7)11-6(8)10-4-2;/h3-6H,1-2H3,(H,12,13,14);3-4H2,1-2H3;/q;;+1/p-1/b10-9+;;. The second kappa shape index (κ2) is 14.3. The van der Waals surface area contributed by atoms with Crippen molar-refractivity contribution in [3.05, 3.63) is 24.3 Å². The topological polar surface area (TPSA) is 147 Å². The van der Waals surface area contributed by atoms with Gasteiger partial charge in [-0.15, -0.1) is 5.11 Å². The molecule has 0 bridgehead atoms. The third-order valence-electron chi connectivity index (χ3n) is 2.31. The van der Waals surface area contributed by atoms with Crippen LogP contribution in [0.25, 0.3) is 0 Å². The van der Waals surface area contributed by atoms with E-state index < -0.39 is 22.6 Å². The first kappa shape index (κ1) is 27.5. The fraction of sp³-hybridized carbons (Fsp3) is 0.429. The average Bonchev–Trinajstić information content (AvgIpc) is 2.53. The van der Waals surface area contributed by atoms with E-state index in [-0.39, 0.29) is 42.8 Å². The molecule has 11 nitrogen and oxygen atoms in total. The van der Waals surface area contributed by atoms with Gasteiger partial charge in [-0.05, 0) is 38.1 Å². The summed E-state index contributed by atoms with van der Waals surface area (Å²) in [5, 5.41) is 3.28. The minimum atomic E-state index is -4.65. The van der Waals surface area contributed by atoms with Gasteiger partial charge in [-0.3, -0.25) is 0 Å². The van der Waals surface area contributed by atoms with Crippen LogP contribution in [0.15, 0.2) is 33.9 Å². The summed E-state index contributed by atoms with van der Waals surface area (Å²) in [7, 11) is -0.904. The third kappa shape index (κ3) is 15.1. The number of carbonyl (C=O) groups excluding carboxylic acids is 2. The summed E-state index contributed by atoms with van der Waals surface area (Å²) in [5.74, 6) is 0. The molecule has 1 aromatic carbocycles. The summed E-state index contributed by atoms with van der Waals surface area (Å²) >= 11 is 0.